The van der Waals surface area contributed by atoms with Crippen LogP contribution in [0.15, 0.2) is 0 Å². The first-order valence-corrected chi connectivity index (χ1v) is 6.75. The third kappa shape index (κ3) is 5.50. The molecule has 1 unspecified atom stereocenters. The van der Waals surface area contributed by atoms with Gasteiger partial charge in [-0.2, -0.15) is 0 Å². The van der Waals surface area contributed by atoms with Gasteiger partial charge in [-0.05, 0) is 45.2 Å². The van der Waals surface area contributed by atoms with Gasteiger partial charge in [-0.15, -0.1) is 0 Å². The Bertz CT molecular complexity index is 239. The van der Waals surface area contributed by atoms with Crippen LogP contribution >= 0.6 is 0 Å². The first kappa shape index (κ1) is 14.5. The molecule has 0 aromatic carbocycles. The molecule has 1 amide bonds. The smallest absolute Gasteiger partial charge is 0.234 e. The molecule has 17 heavy (non-hydrogen) atoms. The van der Waals surface area contributed by atoms with Crippen molar-refractivity contribution < 1.29 is 4.79 Å². The molecule has 4 nitrogen and oxygen atoms in total. The van der Waals surface area contributed by atoms with Crippen molar-refractivity contribution in [1.82, 2.24) is 10.2 Å². The maximum atomic E-state index is 11.1. The second-order valence-electron chi connectivity index (χ2n) is 5.48. The number of amides is 1. The lowest BCUT2D eigenvalue weighted by atomic mass is 10.1. The maximum Gasteiger partial charge on any atom is 0.234 e. The normalized spacial score (nSPS) is 17.7. The van der Waals surface area contributed by atoms with Gasteiger partial charge in [-0.3, -0.25) is 4.79 Å². The minimum Gasteiger partial charge on any atom is -0.368 e. The highest BCUT2D eigenvalue weighted by Gasteiger charge is 2.29. The Balaban J connectivity index is 2.31. The van der Waals surface area contributed by atoms with E-state index in [1.54, 1.807) is 7.05 Å². The molecule has 0 aromatic rings. The Morgan fingerprint density at radius 2 is 1.94 bits per heavy atom. The number of rotatable bonds is 9. The van der Waals surface area contributed by atoms with Crippen molar-refractivity contribution in [3.8, 4) is 0 Å². The van der Waals surface area contributed by atoms with Gasteiger partial charge in [0.1, 0.15) is 0 Å². The van der Waals surface area contributed by atoms with Crippen molar-refractivity contribution in [3.63, 3.8) is 0 Å². The molecular weight excluding hydrogens is 214 g/mol. The Kier molecular flexibility index (Phi) is 5.92. The van der Waals surface area contributed by atoms with Gasteiger partial charge in [0.15, 0.2) is 0 Å². The van der Waals surface area contributed by atoms with Crippen LogP contribution < -0.4 is 11.1 Å². The summed E-state index contributed by atoms with van der Waals surface area (Å²) in [4.78, 5) is 13.7. The van der Waals surface area contributed by atoms with E-state index in [1.165, 1.54) is 19.3 Å². The molecule has 1 aliphatic rings. The Hall–Kier alpha value is -0.610. The summed E-state index contributed by atoms with van der Waals surface area (Å²) in [6.45, 7) is 6.64. The van der Waals surface area contributed by atoms with Crippen molar-refractivity contribution in [2.45, 2.75) is 51.6 Å². The zero-order valence-corrected chi connectivity index (χ0v) is 11.4. The van der Waals surface area contributed by atoms with Crippen molar-refractivity contribution in [3.05, 3.63) is 0 Å². The number of hydrogen-bond acceptors (Lipinski definition) is 3. The summed E-state index contributed by atoms with van der Waals surface area (Å²) < 4.78 is 0. The van der Waals surface area contributed by atoms with Crippen molar-refractivity contribution >= 4 is 5.91 Å². The number of nitrogens with zero attached hydrogens (tertiary/aromatic N) is 1. The molecule has 100 valence electrons. The Morgan fingerprint density at radius 1 is 1.35 bits per heavy atom. The summed E-state index contributed by atoms with van der Waals surface area (Å²) in [5.74, 6) is 0.500. The second-order valence-corrected chi connectivity index (χ2v) is 5.48. The van der Waals surface area contributed by atoms with Gasteiger partial charge in [0.25, 0.3) is 0 Å². The van der Waals surface area contributed by atoms with Crippen LogP contribution in [0.1, 0.15) is 39.5 Å². The fourth-order valence-electron chi connectivity index (χ4n) is 2.06. The number of nitrogens with one attached hydrogen (secondary N) is 1. The molecule has 0 saturated heterocycles. The van der Waals surface area contributed by atoms with E-state index in [0.29, 0.717) is 0 Å². The molecule has 3 N–H and O–H groups in total. The molecule has 1 saturated carbocycles. The molecule has 1 rings (SSSR count). The van der Waals surface area contributed by atoms with Gasteiger partial charge in [-0.1, -0.05) is 13.8 Å². The van der Waals surface area contributed by atoms with Crippen molar-refractivity contribution in [1.29, 1.82) is 0 Å². The summed E-state index contributed by atoms with van der Waals surface area (Å²) in [6.07, 6.45) is 4.69. The van der Waals surface area contributed by atoms with Crippen LogP contribution in [0, 0.1) is 5.92 Å². The van der Waals surface area contributed by atoms with Gasteiger partial charge < -0.3 is 16.0 Å². The molecule has 4 heteroatoms. The van der Waals surface area contributed by atoms with E-state index in [1.807, 2.05) is 0 Å². The van der Waals surface area contributed by atoms with E-state index in [4.69, 9.17) is 5.73 Å². The van der Waals surface area contributed by atoms with Gasteiger partial charge in [-0.25, -0.2) is 0 Å². The van der Waals surface area contributed by atoms with Crippen molar-refractivity contribution in [2.24, 2.45) is 11.7 Å². The molecule has 1 fully saturated rings. The molecule has 1 aliphatic carbocycles. The van der Waals surface area contributed by atoms with Crippen LogP contribution in [0.3, 0.4) is 0 Å². The van der Waals surface area contributed by atoms with Gasteiger partial charge in [0, 0.05) is 12.6 Å². The van der Waals surface area contributed by atoms with E-state index < -0.39 is 0 Å². The molecule has 0 heterocycles. The van der Waals surface area contributed by atoms with Gasteiger partial charge in [0.05, 0.1) is 6.04 Å². The highest BCUT2D eigenvalue weighted by molar-refractivity contribution is 5.79. The number of hydrogen-bond donors (Lipinski definition) is 2. The van der Waals surface area contributed by atoms with Crippen molar-refractivity contribution in [2.75, 3.05) is 20.1 Å². The highest BCUT2D eigenvalue weighted by atomic mass is 16.1. The van der Waals surface area contributed by atoms with Crippen LogP contribution in [0.5, 0.6) is 0 Å². The zero-order valence-electron chi connectivity index (χ0n) is 11.4. The number of carbonyl (C=O) groups excluding carboxylic acids is 1. The Morgan fingerprint density at radius 3 is 2.35 bits per heavy atom. The van der Waals surface area contributed by atoms with Crippen LogP contribution in [-0.4, -0.2) is 43.0 Å². The van der Waals surface area contributed by atoms with E-state index in [2.05, 4.69) is 24.1 Å². The minimum absolute atomic E-state index is 0.185. The maximum absolute atomic E-state index is 11.1. The van der Waals surface area contributed by atoms with E-state index in [9.17, 15) is 4.79 Å². The predicted octanol–water partition coefficient (Wildman–Crippen LogP) is 0.960. The number of primary amides is 1. The molecule has 1 atom stereocenters. The van der Waals surface area contributed by atoms with E-state index >= 15 is 0 Å². The summed E-state index contributed by atoms with van der Waals surface area (Å²) in [6, 6.07) is 0.578. The van der Waals surface area contributed by atoms with Crippen LogP contribution in [0.2, 0.25) is 0 Å². The first-order chi connectivity index (χ1) is 8.04. The summed E-state index contributed by atoms with van der Waals surface area (Å²) in [5, 5.41) is 2.98. The third-order valence-electron chi connectivity index (χ3n) is 3.45. The second kappa shape index (κ2) is 6.97. The minimum atomic E-state index is -0.243. The molecule has 0 radical (unpaired) electrons. The van der Waals surface area contributed by atoms with Crippen LogP contribution in [0.25, 0.3) is 0 Å². The largest absolute Gasteiger partial charge is 0.368 e. The van der Waals surface area contributed by atoms with E-state index in [-0.39, 0.29) is 11.9 Å². The van der Waals surface area contributed by atoms with Crippen LogP contribution in [0.4, 0.5) is 0 Å². The summed E-state index contributed by atoms with van der Waals surface area (Å²) >= 11 is 0. The Labute approximate surface area is 105 Å². The lowest BCUT2D eigenvalue weighted by molar-refractivity contribution is -0.120. The zero-order chi connectivity index (χ0) is 12.8. The fourth-order valence-corrected chi connectivity index (χ4v) is 2.06. The average molecular weight is 241 g/mol. The number of carbonyl (C=O) groups is 1. The van der Waals surface area contributed by atoms with Crippen LogP contribution in [-0.2, 0) is 4.79 Å². The standard InChI is InChI=1S/C13H27N3O/c1-10(2)6-8-16(11-4-5-11)9-7-12(15-3)13(14)17/h10-12,15H,4-9H2,1-3H3,(H2,14,17). The fraction of sp³-hybridized carbons (Fsp3) is 0.923. The highest BCUT2D eigenvalue weighted by Crippen LogP contribution is 2.27. The predicted molar refractivity (Wildman–Crippen MR) is 70.7 cm³/mol. The van der Waals surface area contributed by atoms with Gasteiger partial charge >= 0.3 is 0 Å². The number of likely N-dealkylation sites (N-methyl/N-ethyl adjacent to an activating group) is 1. The molecule has 0 bridgehead atoms. The topological polar surface area (TPSA) is 58.4 Å². The lowest BCUT2D eigenvalue weighted by Crippen LogP contribution is -2.42. The summed E-state index contributed by atoms with van der Waals surface area (Å²) in [5.41, 5.74) is 5.33. The van der Waals surface area contributed by atoms with Gasteiger partial charge in [0.2, 0.25) is 5.91 Å². The molecule has 0 spiro atoms. The monoisotopic (exact) mass is 241 g/mol. The molecule has 0 aromatic heterocycles. The van der Waals surface area contributed by atoms with E-state index in [0.717, 1.165) is 31.5 Å². The first-order valence-electron chi connectivity index (χ1n) is 6.75. The quantitative estimate of drug-likeness (QED) is 0.632. The third-order valence-corrected chi connectivity index (χ3v) is 3.45. The summed E-state index contributed by atoms with van der Waals surface area (Å²) in [7, 11) is 1.80. The molecule has 0 aliphatic heterocycles. The molecular formula is C13H27N3O. The SMILES string of the molecule is CNC(CCN(CCC(C)C)C1CC1)C(N)=O. The lowest BCUT2D eigenvalue weighted by Gasteiger charge is -2.24. The number of nitrogens with two attached hydrogens (primary N) is 1. The average Bonchev–Trinajstić information content (AvgIpc) is 3.06.